The van der Waals surface area contributed by atoms with Crippen LogP contribution in [-0.4, -0.2) is 11.2 Å². The van der Waals surface area contributed by atoms with E-state index in [1.165, 1.54) is 5.56 Å². The first-order chi connectivity index (χ1) is 10.1. The molecule has 2 rings (SSSR count). The number of aryl methyl sites for hydroxylation is 1. The predicted molar refractivity (Wildman–Crippen MR) is 95.0 cm³/mol. The zero-order valence-corrected chi connectivity index (χ0v) is 13.5. The lowest BCUT2D eigenvalue weighted by Crippen LogP contribution is -2.36. The third-order valence-corrected chi connectivity index (χ3v) is 3.62. The predicted octanol–water partition coefficient (Wildman–Crippen LogP) is 4.65. The van der Waals surface area contributed by atoms with Crippen LogP contribution < -0.4 is 10.6 Å². The van der Waals surface area contributed by atoms with Crippen LogP contribution in [0.5, 0.6) is 0 Å². The van der Waals surface area contributed by atoms with Gasteiger partial charge in [-0.1, -0.05) is 48.0 Å². The fourth-order valence-corrected chi connectivity index (χ4v) is 2.57. The Bertz CT molecular complexity index is 586. The van der Waals surface area contributed by atoms with Crippen molar-refractivity contribution in [3.8, 4) is 0 Å². The Morgan fingerprint density at radius 2 is 1.90 bits per heavy atom. The third-order valence-electron chi connectivity index (χ3n) is 3.17. The van der Waals surface area contributed by atoms with E-state index in [1.54, 1.807) is 0 Å². The van der Waals surface area contributed by atoms with Gasteiger partial charge in [0.2, 0.25) is 0 Å². The molecule has 4 heteroatoms. The minimum atomic E-state index is 0.310. The van der Waals surface area contributed by atoms with Gasteiger partial charge in [-0.25, -0.2) is 0 Å². The van der Waals surface area contributed by atoms with Crippen LogP contribution in [0.4, 0.5) is 5.69 Å². The number of halogens is 1. The van der Waals surface area contributed by atoms with Crippen LogP contribution in [0.2, 0.25) is 5.02 Å². The molecule has 0 amide bonds. The highest BCUT2D eigenvalue weighted by Gasteiger charge is 2.05. The molecule has 0 fully saturated rings. The van der Waals surface area contributed by atoms with Crippen molar-refractivity contribution in [1.82, 2.24) is 5.32 Å². The lowest BCUT2D eigenvalue weighted by atomic mass is 10.1. The van der Waals surface area contributed by atoms with Crippen molar-refractivity contribution in [2.24, 2.45) is 0 Å². The number of rotatable bonds is 5. The molecular weight excluding hydrogens is 300 g/mol. The molecule has 0 aromatic heterocycles. The van der Waals surface area contributed by atoms with E-state index in [2.05, 4.69) is 41.8 Å². The molecule has 0 saturated heterocycles. The van der Waals surface area contributed by atoms with E-state index < -0.39 is 0 Å². The summed E-state index contributed by atoms with van der Waals surface area (Å²) in [6.07, 6.45) is 2.07. The van der Waals surface area contributed by atoms with Crippen molar-refractivity contribution in [2.75, 3.05) is 5.32 Å². The summed E-state index contributed by atoms with van der Waals surface area (Å²) >= 11 is 11.3. The van der Waals surface area contributed by atoms with Crippen LogP contribution in [0.1, 0.15) is 18.9 Å². The van der Waals surface area contributed by atoms with Crippen molar-refractivity contribution in [3.63, 3.8) is 0 Å². The molecule has 21 heavy (non-hydrogen) atoms. The largest absolute Gasteiger partial charge is 0.360 e. The van der Waals surface area contributed by atoms with Crippen molar-refractivity contribution in [2.45, 2.75) is 25.8 Å². The molecule has 0 aliphatic rings. The zero-order valence-electron chi connectivity index (χ0n) is 12.0. The highest BCUT2D eigenvalue weighted by atomic mass is 35.5. The fourth-order valence-electron chi connectivity index (χ4n) is 2.06. The SMILES string of the molecule is CC(CCc1ccccc1)NC(=S)Nc1cccc(Cl)c1. The van der Waals surface area contributed by atoms with E-state index in [0.717, 1.165) is 18.5 Å². The van der Waals surface area contributed by atoms with Crippen molar-refractivity contribution in [1.29, 1.82) is 0 Å². The summed E-state index contributed by atoms with van der Waals surface area (Å²) in [7, 11) is 0. The Labute approximate surface area is 136 Å². The van der Waals surface area contributed by atoms with Gasteiger partial charge in [-0.2, -0.15) is 0 Å². The molecule has 0 spiro atoms. The molecule has 0 aliphatic heterocycles. The minimum Gasteiger partial charge on any atom is -0.360 e. The second-order valence-electron chi connectivity index (χ2n) is 5.03. The summed E-state index contributed by atoms with van der Waals surface area (Å²) in [6.45, 7) is 2.13. The molecule has 2 aromatic rings. The number of nitrogens with one attached hydrogen (secondary N) is 2. The lowest BCUT2D eigenvalue weighted by molar-refractivity contribution is 0.609. The Hall–Kier alpha value is -1.58. The second-order valence-corrected chi connectivity index (χ2v) is 5.88. The maximum absolute atomic E-state index is 5.95. The van der Waals surface area contributed by atoms with Crippen LogP contribution in [-0.2, 0) is 6.42 Å². The molecule has 1 unspecified atom stereocenters. The van der Waals surface area contributed by atoms with Gasteiger partial charge in [-0.3, -0.25) is 0 Å². The minimum absolute atomic E-state index is 0.310. The Balaban J connectivity index is 1.77. The number of hydrogen-bond donors (Lipinski definition) is 2. The van der Waals surface area contributed by atoms with E-state index in [0.29, 0.717) is 16.2 Å². The first kappa shape index (κ1) is 15.8. The zero-order chi connectivity index (χ0) is 15.1. The van der Waals surface area contributed by atoms with E-state index in [1.807, 2.05) is 30.3 Å². The third kappa shape index (κ3) is 5.74. The number of benzene rings is 2. The summed E-state index contributed by atoms with van der Waals surface area (Å²) in [6, 6.07) is 18.3. The summed E-state index contributed by atoms with van der Waals surface area (Å²) in [4.78, 5) is 0. The summed E-state index contributed by atoms with van der Waals surface area (Å²) in [5.41, 5.74) is 2.25. The summed E-state index contributed by atoms with van der Waals surface area (Å²) in [5, 5.41) is 7.76. The molecule has 1 atom stereocenters. The fraction of sp³-hybridized carbons (Fsp3) is 0.235. The summed E-state index contributed by atoms with van der Waals surface area (Å²) in [5.74, 6) is 0. The van der Waals surface area contributed by atoms with E-state index >= 15 is 0 Å². The Morgan fingerprint density at radius 1 is 1.14 bits per heavy atom. The van der Waals surface area contributed by atoms with Crippen molar-refractivity contribution in [3.05, 3.63) is 65.2 Å². The van der Waals surface area contributed by atoms with Gasteiger partial charge in [-0.05, 0) is 55.7 Å². The molecule has 2 N–H and O–H groups in total. The average molecular weight is 319 g/mol. The molecule has 0 heterocycles. The van der Waals surface area contributed by atoms with Gasteiger partial charge in [0.1, 0.15) is 0 Å². The number of thiocarbonyl (C=S) groups is 1. The van der Waals surface area contributed by atoms with Crippen molar-refractivity contribution >= 4 is 34.6 Å². The van der Waals surface area contributed by atoms with E-state index in [-0.39, 0.29) is 0 Å². The first-order valence-electron chi connectivity index (χ1n) is 7.00. The molecule has 2 aromatic carbocycles. The molecule has 110 valence electrons. The number of hydrogen-bond acceptors (Lipinski definition) is 1. The molecule has 0 radical (unpaired) electrons. The summed E-state index contributed by atoms with van der Waals surface area (Å²) < 4.78 is 0. The molecule has 0 bridgehead atoms. The highest BCUT2D eigenvalue weighted by molar-refractivity contribution is 7.80. The molecule has 2 nitrogen and oxygen atoms in total. The molecule has 0 aliphatic carbocycles. The standard InChI is InChI=1S/C17H19ClN2S/c1-13(10-11-14-6-3-2-4-7-14)19-17(21)20-16-9-5-8-15(18)12-16/h2-9,12-13H,10-11H2,1H3,(H2,19,20,21). The normalized spacial score (nSPS) is 11.7. The van der Waals surface area contributed by atoms with Gasteiger partial charge in [0.25, 0.3) is 0 Å². The van der Waals surface area contributed by atoms with Crippen LogP contribution in [0.25, 0.3) is 0 Å². The smallest absolute Gasteiger partial charge is 0.170 e. The van der Waals surface area contributed by atoms with Crippen LogP contribution >= 0.6 is 23.8 Å². The van der Waals surface area contributed by atoms with Gasteiger partial charge in [0, 0.05) is 16.8 Å². The molecule has 0 saturated carbocycles. The van der Waals surface area contributed by atoms with Crippen LogP contribution in [0, 0.1) is 0 Å². The van der Waals surface area contributed by atoms with E-state index in [4.69, 9.17) is 23.8 Å². The van der Waals surface area contributed by atoms with Crippen LogP contribution in [0.15, 0.2) is 54.6 Å². The van der Waals surface area contributed by atoms with Crippen LogP contribution in [0.3, 0.4) is 0 Å². The van der Waals surface area contributed by atoms with Gasteiger partial charge in [0.05, 0.1) is 0 Å². The maximum Gasteiger partial charge on any atom is 0.170 e. The van der Waals surface area contributed by atoms with Gasteiger partial charge >= 0.3 is 0 Å². The van der Waals surface area contributed by atoms with E-state index in [9.17, 15) is 0 Å². The average Bonchev–Trinajstić information content (AvgIpc) is 2.46. The van der Waals surface area contributed by atoms with Crippen molar-refractivity contribution < 1.29 is 0 Å². The molecular formula is C17H19ClN2S. The number of anilines is 1. The van der Waals surface area contributed by atoms with Gasteiger partial charge in [-0.15, -0.1) is 0 Å². The monoisotopic (exact) mass is 318 g/mol. The maximum atomic E-state index is 5.95. The topological polar surface area (TPSA) is 24.1 Å². The van der Waals surface area contributed by atoms with Gasteiger partial charge < -0.3 is 10.6 Å². The Kier molecular flexibility index (Phi) is 6.03. The first-order valence-corrected chi connectivity index (χ1v) is 7.79. The lowest BCUT2D eigenvalue weighted by Gasteiger charge is -2.17. The highest BCUT2D eigenvalue weighted by Crippen LogP contribution is 2.14. The second kappa shape index (κ2) is 8.01. The quantitative estimate of drug-likeness (QED) is 0.785. The Morgan fingerprint density at radius 3 is 2.62 bits per heavy atom. The van der Waals surface area contributed by atoms with Gasteiger partial charge in [0.15, 0.2) is 5.11 Å².